The van der Waals surface area contributed by atoms with Crippen LogP contribution in [0.3, 0.4) is 0 Å². The monoisotopic (exact) mass is 474 g/mol. The highest BCUT2D eigenvalue weighted by Gasteiger charge is 2.22. The lowest BCUT2D eigenvalue weighted by Crippen LogP contribution is -2.14. The predicted octanol–water partition coefficient (Wildman–Crippen LogP) is 4.46. The van der Waals surface area contributed by atoms with Crippen molar-refractivity contribution in [3.63, 3.8) is 0 Å². The van der Waals surface area contributed by atoms with Gasteiger partial charge in [-0.25, -0.2) is 4.39 Å². The van der Waals surface area contributed by atoms with Crippen molar-refractivity contribution in [3.8, 4) is 22.6 Å². The number of aliphatic hydroxyl groups excluding tert-OH is 1. The topological polar surface area (TPSA) is 102 Å². The maximum atomic E-state index is 13.7. The molecule has 1 unspecified atom stereocenters. The number of carboxylic acid groups (broad SMARTS) is 1. The number of benzene rings is 2. The Balaban J connectivity index is 2.62. The molecule has 2 rings (SSSR count). The molecule has 0 aliphatic rings. The summed E-state index contributed by atoms with van der Waals surface area (Å²) < 4.78 is 30.4. The highest BCUT2D eigenvalue weighted by Crippen LogP contribution is 2.45. The zero-order valence-corrected chi connectivity index (χ0v) is 19.8. The average Bonchev–Trinajstić information content (AvgIpc) is 2.77. The molecule has 8 heteroatoms. The van der Waals surface area contributed by atoms with Crippen LogP contribution >= 0.6 is 0 Å². The Morgan fingerprint density at radius 3 is 2.35 bits per heavy atom. The van der Waals surface area contributed by atoms with Gasteiger partial charge in [-0.15, -0.1) is 0 Å². The fourth-order valence-electron chi connectivity index (χ4n) is 3.53. The fourth-order valence-corrected chi connectivity index (χ4v) is 3.53. The van der Waals surface area contributed by atoms with Crippen molar-refractivity contribution in [2.45, 2.75) is 38.7 Å². The minimum Gasteiger partial charge on any atom is -0.492 e. The third-order valence-electron chi connectivity index (χ3n) is 5.09. The van der Waals surface area contributed by atoms with Crippen molar-refractivity contribution in [2.75, 3.05) is 27.4 Å². The number of carbonyl (C=O) groups excluding carboxylic acids is 1. The summed E-state index contributed by atoms with van der Waals surface area (Å²) >= 11 is 0. The largest absolute Gasteiger partial charge is 0.492 e. The Labute approximate surface area is 198 Å². The number of carboxylic acids is 1. The molecule has 0 heterocycles. The summed E-state index contributed by atoms with van der Waals surface area (Å²) in [6, 6.07) is 7.79. The Bertz CT molecular complexity index is 1010. The molecule has 0 aliphatic heterocycles. The molecule has 184 valence electrons. The van der Waals surface area contributed by atoms with Crippen molar-refractivity contribution >= 4 is 17.8 Å². The summed E-state index contributed by atoms with van der Waals surface area (Å²) in [5.41, 5.74) is 2.91. The molecule has 0 saturated carbocycles. The van der Waals surface area contributed by atoms with E-state index in [9.17, 15) is 19.1 Å². The Morgan fingerprint density at radius 1 is 1.12 bits per heavy atom. The van der Waals surface area contributed by atoms with E-state index < -0.39 is 24.3 Å². The maximum absolute atomic E-state index is 13.7. The Hall–Kier alpha value is -3.23. The summed E-state index contributed by atoms with van der Waals surface area (Å²) in [5, 5.41) is 19.1. The molecule has 2 aromatic rings. The lowest BCUT2D eigenvalue weighted by Gasteiger charge is -2.22. The van der Waals surface area contributed by atoms with Crippen LogP contribution in [0.15, 0.2) is 36.4 Å². The quantitative estimate of drug-likeness (QED) is 0.326. The second kappa shape index (κ2) is 12.9. The van der Waals surface area contributed by atoms with Gasteiger partial charge in [0.25, 0.3) is 0 Å². The number of aliphatic carboxylic acids is 1. The van der Waals surface area contributed by atoms with Gasteiger partial charge in [0.05, 0.1) is 19.8 Å². The molecule has 2 aromatic carbocycles. The normalized spacial score (nSPS) is 12.2. The van der Waals surface area contributed by atoms with E-state index in [2.05, 4.69) is 0 Å². The van der Waals surface area contributed by atoms with Gasteiger partial charge < -0.3 is 24.4 Å². The summed E-state index contributed by atoms with van der Waals surface area (Å²) in [6.07, 6.45) is 0.981. The second-order valence-electron chi connectivity index (χ2n) is 8.03. The molecule has 0 saturated heterocycles. The predicted molar refractivity (Wildman–Crippen MR) is 127 cm³/mol. The molecular weight excluding hydrogens is 443 g/mol. The zero-order chi connectivity index (χ0) is 25.3. The van der Waals surface area contributed by atoms with Gasteiger partial charge in [0.2, 0.25) is 0 Å². The number of Topliss-reactive ketones (excluding diaryl/α,β-unsaturated/α-hetero) is 1. The number of carbonyl (C=O) groups is 2. The zero-order valence-electron chi connectivity index (χ0n) is 19.8. The number of halogens is 1. The molecule has 0 spiro atoms. The van der Waals surface area contributed by atoms with E-state index >= 15 is 0 Å². The SMILES string of the molecule is COCCOc1cc(C(C)C)c(C=CC(O)CC(=O)CC(=O)O)c(-c2ccc(F)cc2)c1OC. The van der Waals surface area contributed by atoms with Gasteiger partial charge in [0.15, 0.2) is 11.5 Å². The van der Waals surface area contributed by atoms with E-state index in [1.807, 2.05) is 19.9 Å². The summed E-state index contributed by atoms with van der Waals surface area (Å²) in [4.78, 5) is 22.5. The molecule has 0 aliphatic carbocycles. The number of hydrogen-bond donors (Lipinski definition) is 2. The molecule has 34 heavy (non-hydrogen) atoms. The first-order chi connectivity index (χ1) is 16.2. The number of rotatable bonds is 13. The summed E-state index contributed by atoms with van der Waals surface area (Å²) in [6.45, 7) is 4.68. The first kappa shape index (κ1) is 27.0. The molecule has 0 radical (unpaired) electrons. The highest BCUT2D eigenvalue weighted by atomic mass is 19.1. The number of ketones is 1. The molecule has 1 atom stereocenters. The van der Waals surface area contributed by atoms with E-state index in [0.717, 1.165) is 5.56 Å². The van der Waals surface area contributed by atoms with Crippen LogP contribution in [0.25, 0.3) is 17.2 Å². The second-order valence-corrected chi connectivity index (χ2v) is 8.03. The van der Waals surface area contributed by atoms with E-state index in [1.54, 1.807) is 25.3 Å². The van der Waals surface area contributed by atoms with Crippen LogP contribution in [0.5, 0.6) is 11.5 Å². The van der Waals surface area contributed by atoms with Crippen LogP contribution in [-0.4, -0.2) is 55.5 Å². The third kappa shape index (κ3) is 7.40. The minimum absolute atomic E-state index is 0.0420. The number of aliphatic hydroxyl groups is 1. The maximum Gasteiger partial charge on any atom is 0.310 e. The molecule has 2 N–H and O–H groups in total. The van der Waals surface area contributed by atoms with Crippen molar-refractivity contribution < 1.29 is 38.4 Å². The van der Waals surface area contributed by atoms with Crippen LogP contribution in [0.1, 0.15) is 43.7 Å². The van der Waals surface area contributed by atoms with Gasteiger partial charge >= 0.3 is 5.97 Å². The Kier molecular flexibility index (Phi) is 10.2. The van der Waals surface area contributed by atoms with E-state index in [0.29, 0.717) is 41.4 Å². The minimum atomic E-state index is -1.24. The number of methoxy groups -OCH3 is 2. The summed E-state index contributed by atoms with van der Waals surface area (Å²) in [5.74, 6) is -1.23. The molecule has 0 fully saturated rings. The molecular formula is C26H31FO7. The van der Waals surface area contributed by atoms with E-state index in [1.165, 1.54) is 25.3 Å². The molecule has 0 amide bonds. The summed E-state index contributed by atoms with van der Waals surface area (Å²) in [7, 11) is 3.08. The van der Waals surface area contributed by atoms with Gasteiger partial charge in [0.1, 0.15) is 24.6 Å². The van der Waals surface area contributed by atoms with Crippen molar-refractivity contribution in [2.24, 2.45) is 0 Å². The third-order valence-corrected chi connectivity index (χ3v) is 5.09. The van der Waals surface area contributed by atoms with Crippen LogP contribution < -0.4 is 9.47 Å². The van der Waals surface area contributed by atoms with Crippen molar-refractivity contribution in [3.05, 3.63) is 53.4 Å². The molecule has 7 nitrogen and oxygen atoms in total. The van der Waals surface area contributed by atoms with Crippen LogP contribution in [-0.2, 0) is 14.3 Å². The van der Waals surface area contributed by atoms with Crippen LogP contribution in [0.4, 0.5) is 4.39 Å². The van der Waals surface area contributed by atoms with E-state index in [4.69, 9.17) is 19.3 Å². The van der Waals surface area contributed by atoms with Gasteiger partial charge in [-0.1, -0.05) is 38.1 Å². The highest BCUT2D eigenvalue weighted by molar-refractivity contribution is 5.95. The number of hydrogen-bond acceptors (Lipinski definition) is 6. The van der Waals surface area contributed by atoms with Gasteiger partial charge in [0, 0.05) is 19.1 Å². The fraction of sp³-hybridized carbons (Fsp3) is 0.385. The van der Waals surface area contributed by atoms with Crippen LogP contribution in [0, 0.1) is 5.82 Å². The average molecular weight is 475 g/mol. The van der Waals surface area contributed by atoms with Crippen LogP contribution in [0.2, 0.25) is 0 Å². The molecule has 0 bridgehead atoms. The van der Waals surface area contributed by atoms with Gasteiger partial charge in [-0.05, 0) is 40.8 Å². The lowest BCUT2D eigenvalue weighted by molar-refractivity contribution is -0.140. The molecule has 0 aromatic heterocycles. The lowest BCUT2D eigenvalue weighted by atomic mass is 9.88. The van der Waals surface area contributed by atoms with Gasteiger partial charge in [-0.3, -0.25) is 9.59 Å². The van der Waals surface area contributed by atoms with Gasteiger partial charge in [-0.2, -0.15) is 0 Å². The Morgan fingerprint density at radius 2 is 1.79 bits per heavy atom. The van der Waals surface area contributed by atoms with E-state index in [-0.39, 0.29) is 18.2 Å². The first-order valence-corrected chi connectivity index (χ1v) is 10.9. The van der Waals surface area contributed by atoms with Crippen molar-refractivity contribution in [1.29, 1.82) is 0 Å². The standard InChI is InChI=1S/C26H31FO7/c1-16(2)22-15-23(34-12-11-32-3)26(33-4)25(17-5-7-18(27)8-6-17)21(22)10-9-19(28)13-20(29)14-24(30)31/h5-10,15-16,19,28H,11-14H2,1-4H3,(H,30,31). The first-order valence-electron chi connectivity index (χ1n) is 10.9. The van der Waals surface area contributed by atoms with Crippen molar-refractivity contribution in [1.82, 2.24) is 0 Å². The smallest absolute Gasteiger partial charge is 0.310 e. The number of ether oxygens (including phenoxy) is 3.